The predicted octanol–water partition coefficient (Wildman–Crippen LogP) is -0.883. The Morgan fingerprint density at radius 3 is 2.00 bits per heavy atom. The van der Waals surface area contributed by atoms with Crippen LogP contribution in [0.2, 0.25) is 0 Å². The number of carbonyl (C=O) groups excluding carboxylic acids is 3. The normalized spacial score (nSPS) is 13.7. The van der Waals surface area contributed by atoms with Gasteiger partial charge in [0.1, 0.15) is 23.9 Å². The van der Waals surface area contributed by atoms with Gasteiger partial charge in [0.15, 0.2) is 5.96 Å². The SMILES string of the molecule is CC(NC(=O)C(Cc1ccc(O)cc1)NC(=O)C(N)CCCN=C(N)N)C(=O)NC(Cc1ccccc1)C(=O)O. The first kappa shape index (κ1) is 31.6. The van der Waals surface area contributed by atoms with Gasteiger partial charge in [0.2, 0.25) is 17.7 Å². The summed E-state index contributed by atoms with van der Waals surface area (Å²) in [5, 5.41) is 26.7. The fourth-order valence-electron chi connectivity index (χ4n) is 3.73. The highest BCUT2D eigenvalue weighted by Crippen LogP contribution is 2.12. The number of phenols is 1. The number of amides is 3. The number of aliphatic carboxylic acids is 1. The van der Waals surface area contributed by atoms with E-state index in [4.69, 9.17) is 17.2 Å². The van der Waals surface area contributed by atoms with Crippen LogP contribution in [0.15, 0.2) is 59.6 Å². The maximum Gasteiger partial charge on any atom is 0.326 e. The van der Waals surface area contributed by atoms with Gasteiger partial charge in [0.25, 0.3) is 0 Å². The molecule has 40 heavy (non-hydrogen) atoms. The quantitative estimate of drug-likeness (QED) is 0.0772. The number of nitrogens with zero attached hydrogens (tertiary/aromatic N) is 1. The van der Waals surface area contributed by atoms with Gasteiger partial charge in [-0.15, -0.1) is 0 Å². The van der Waals surface area contributed by atoms with Gasteiger partial charge in [-0.05, 0) is 43.0 Å². The molecule has 13 heteroatoms. The molecule has 216 valence electrons. The van der Waals surface area contributed by atoms with Gasteiger partial charge >= 0.3 is 5.97 Å². The van der Waals surface area contributed by atoms with Crippen LogP contribution in [0.1, 0.15) is 30.9 Å². The van der Waals surface area contributed by atoms with Crippen molar-refractivity contribution in [3.63, 3.8) is 0 Å². The van der Waals surface area contributed by atoms with Gasteiger partial charge in [-0.1, -0.05) is 42.5 Å². The lowest BCUT2D eigenvalue weighted by Gasteiger charge is -2.24. The van der Waals surface area contributed by atoms with Crippen molar-refractivity contribution >= 4 is 29.7 Å². The van der Waals surface area contributed by atoms with Crippen LogP contribution in [-0.4, -0.2) is 70.6 Å². The summed E-state index contributed by atoms with van der Waals surface area (Å²) in [7, 11) is 0. The zero-order valence-electron chi connectivity index (χ0n) is 22.2. The maximum atomic E-state index is 13.2. The standard InChI is InChI=1S/C27H37N7O6/c1-16(23(36)34-22(26(39)40)15-17-6-3-2-4-7-17)32-25(38)21(14-18-9-11-19(35)12-10-18)33-24(37)20(28)8-5-13-31-27(29)30/h2-4,6-7,9-12,16,20-22,35H,5,8,13-15,28H2,1H3,(H,32,38)(H,33,37)(H,34,36)(H,39,40)(H4,29,30,31). The third-order valence-electron chi connectivity index (χ3n) is 5.96. The summed E-state index contributed by atoms with van der Waals surface area (Å²) in [6.07, 6.45) is 0.793. The molecule has 0 saturated heterocycles. The molecule has 0 aromatic heterocycles. The van der Waals surface area contributed by atoms with Gasteiger partial charge < -0.3 is 43.4 Å². The molecule has 11 N–H and O–H groups in total. The van der Waals surface area contributed by atoms with Crippen LogP contribution in [0.3, 0.4) is 0 Å². The third-order valence-corrected chi connectivity index (χ3v) is 5.96. The highest BCUT2D eigenvalue weighted by atomic mass is 16.4. The van der Waals surface area contributed by atoms with E-state index in [2.05, 4.69) is 20.9 Å². The van der Waals surface area contributed by atoms with Crippen molar-refractivity contribution in [3.8, 4) is 5.75 Å². The minimum Gasteiger partial charge on any atom is -0.508 e. The second-order valence-corrected chi connectivity index (χ2v) is 9.31. The Balaban J connectivity index is 2.06. The summed E-state index contributed by atoms with van der Waals surface area (Å²) in [5.41, 5.74) is 17.9. The van der Waals surface area contributed by atoms with Crippen LogP contribution in [0.5, 0.6) is 5.75 Å². The van der Waals surface area contributed by atoms with E-state index in [1.54, 1.807) is 42.5 Å². The molecule has 0 fully saturated rings. The summed E-state index contributed by atoms with van der Waals surface area (Å²) in [6.45, 7) is 1.69. The second kappa shape index (κ2) is 15.7. The lowest BCUT2D eigenvalue weighted by atomic mass is 10.0. The molecule has 0 aliphatic carbocycles. The van der Waals surface area contributed by atoms with Crippen molar-refractivity contribution in [3.05, 3.63) is 65.7 Å². The van der Waals surface area contributed by atoms with Crippen LogP contribution in [0, 0.1) is 0 Å². The molecule has 0 aliphatic rings. The molecule has 4 unspecified atom stereocenters. The van der Waals surface area contributed by atoms with Crippen molar-refractivity contribution < 1.29 is 29.4 Å². The molecule has 13 nitrogen and oxygen atoms in total. The lowest BCUT2D eigenvalue weighted by Crippen LogP contribution is -2.57. The summed E-state index contributed by atoms with van der Waals surface area (Å²) >= 11 is 0. The Kier molecular flexibility index (Phi) is 12.4. The summed E-state index contributed by atoms with van der Waals surface area (Å²) in [5.74, 6) is -3.23. The number of aliphatic imine (C=N–C) groups is 1. The highest BCUT2D eigenvalue weighted by molar-refractivity contribution is 5.94. The average Bonchev–Trinajstić information content (AvgIpc) is 2.91. The number of phenolic OH excluding ortho intramolecular Hbond substituents is 1. The van der Waals surface area contributed by atoms with Gasteiger partial charge in [-0.25, -0.2) is 4.79 Å². The summed E-state index contributed by atoms with van der Waals surface area (Å²) < 4.78 is 0. The summed E-state index contributed by atoms with van der Waals surface area (Å²) in [4.78, 5) is 54.3. The minimum absolute atomic E-state index is 0.0327. The molecular formula is C27H37N7O6. The molecule has 2 aromatic carbocycles. The summed E-state index contributed by atoms with van der Waals surface area (Å²) in [6, 6.07) is 10.5. The number of benzene rings is 2. The van der Waals surface area contributed by atoms with Gasteiger partial charge in [0, 0.05) is 19.4 Å². The third kappa shape index (κ3) is 11.0. The van der Waals surface area contributed by atoms with E-state index in [-0.39, 0.29) is 37.5 Å². The molecule has 0 aliphatic heterocycles. The van der Waals surface area contributed by atoms with E-state index in [0.29, 0.717) is 12.0 Å². The maximum absolute atomic E-state index is 13.2. The second-order valence-electron chi connectivity index (χ2n) is 9.31. The largest absolute Gasteiger partial charge is 0.508 e. The first-order chi connectivity index (χ1) is 19.0. The number of carbonyl (C=O) groups is 4. The Labute approximate surface area is 232 Å². The molecule has 0 bridgehead atoms. The van der Waals surface area contributed by atoms with Crippen LogP contribution in [0.4, 0.5) is 0 Å². The van der Waals surface area contributed by atoms with Crippen molar-refractivity contribution in [1.29, 1.82) is 0 Å². The number of carboxylic acids is 1. The Morgan fingerprint density at radius 1 is 0.825 bits per heavy atom. The number of hydrogen-bond acceptors (Lipinski definition) is 7. The minimum atomic E-state index is -1.22. The molecule has 4 atom stereocenters. The smallest absolute Gasteiger partial charge is 0.326 e. The predicted molar refractivity (Wildman–Crippen MR) is 149 cm³/mol. The van der Waals surface area contributed by atoms with Crippen molar-refractivity contribution in [2.45, 2.75) is 56.8 Å². The Bertz CT molecular complexity index is 1170. The van der Waals surface area contributed by atoms with E-state index in [1.165, 1.54) is 19.1 Å². The molecule has 3 amide bonds. The first-order valence-corrected chi connectivity index (χ1v) is 12.7. The highest BCUT2D eigenvalue weighted by Gasteiger charge is 2.28. The number of rotatable bonds is 15. The monoisotopic (exact) mass is 555 g/mol. The van der Waals surface area contributed by atoms with Crippen molar-refractivity contribution in [1.82, 2.24) is 16.0 Å². The number of carboxylic acid groups (broad SMARTS) is 1. The Morgan fingerprint density at radius 2 is 1.40 bits per heavy atom. The zero-order chi connectivity index (χ0) is 29.7. The topological polar surface area (TPSA) is 235 Å². The lowest BCUT2D eigenvalue weighted by molar-refractivity contribution is -0.142. The van der Waals surface area contributed by atoms with Crippen LogP contribution in [-0.2, 0) is 32.0 Å². The molecule has 2 aromatic rings. The van der Waals surface area contributed by atoms with E-state index in [1.807, 2.05) is 0 Å². The number of hydrogen-bond donors (Lipinski definition) is 8. The van der Waals surface area contributed by atoms with Gasteiger partial charge in [-0.2, -0.15) is 0 Å². The molecule has 0 radical (unpaired) electrons. The molecule has 0 saturated carbocycles. The number of guanidine groups is 1. The molecule has 0 spiro atoms. The van der Waals surface area contributed by atoms with Crippen LogP contribution in [0.25, 0.3) is 0 Å². The van der Waals surface area contributed by atoms with Crippen molar-refractivity contribution in [2.24, 2.45) is 22.2 Å². The fourth-order valence-corrected chi connectivity index (χ4v) is 3.73. The zero-order valence-corrected chi connectivity index (χ0v) is 22.2. The van der Waals surface area contributed by atoms with E-state index in [0.717, 1.165) is 5.56 Å². The fraction of sp³-hybridized carbons (Fsp3) is 0.370. The average molecular weight is 556 g/mol. The molecular weight excluding hydrogens is 518 g/mol. The number of aromatic hydroxyl groups is 1. The van der Waals surface area contributed by atoms with E-state index >= 15 is 0 Å². The van der Waals surface area contributed by atoms with E-state index < -0.39 is 47.9 Å². The molecule has 0 heterocycles. The number of nitrogens with two attached hydrogens (primary N) is 3. The van der Waals surface area contributed by atoms with Crippen molar-refractivity contribution in [2.75, 3.05) is 6.54 Å². The molecule has 2 rings (SSSR count). The number of nitrogens with one attached hydrogen (secondary N) is 3. The van der Waals surface area contributed by atoms with Crippen LogP contribution >= 0.6 is 0 Å². The van der Waals surface area contributed by atoms with Gasteiger partial charge in [0.05, 0.1) is 6.04 Å². The van der Waals surface area contributed by atoms with Crippen LogP contribution < -0.4 is 33.2 Å². The van der Waals surface area contributed by atoms with E-state index in [9.17, 15) is 29.4 Å². The first-order valence-electron chi connectivity index (χ1n) is 12.7. The van der Waals surface area contributed by atoms with Gasteiger partial charge in [-0.3, -0.25) is 19.4 Å². The Hall–Kier alpha value is -4.65.